The number of nitrogens with one attached hydrogen (secondary N) is 1. The molecule has 0 heterocycles. The van der Waals surface area contributed by atoms with E-state index in [0.717, 1.165) is 31.2 Å². The fraction of sp³-hybridized carbons (Fsp3) is 0.682. The van der Waals surface area contributed by atoms with Crippen LogP contribution in [0.3, 0.4) is 0 Å². The second-order valence-corrected chi connectivity index (χ2v) is 10.8. The number of hydrogen-bond donors (Lipinski definition) is 2. The molecule has 0 aliphatic heterocycles. The topological polar surface area (TPSA) is 49.3 Å². The van der Waals surface area contributed by atoms with E-state index in [0.29, 0.717) is 18.3 Å². The molecular formula is C22H30ClNO2. The number of carbonyl (C=O) groups is 1. The third kappa shape index (κ3) is 3.07. The highest BCUT2D eigenvalue weighted by molar-refractivity contribution is 6.24. The second-order valence-electron chi connectivity index (χ2n) is 10.0. The first kappa shape index (κ1) is 18.3. The van der Waals surface area contributed by atoms with Gasteiger partial charge in [0, 0.05) is 16.2 Å². The van der Waals surface area contributed by atoms with E-state index in [1.807, 2.05) is 39.0 Å². The fourth-order valence-electron chi connectivity index (χ4n) is 6.03. The molecule has 1 aromatic carbocycles. The molecule has 6 atom stereocenters. The van der Waals surface area contributed by atoms with Crippen molar-refractivity contribution in [3.05, 3.63) is 35.9 Å². The highest BCUT2D eigenvalue weighted by Gasteiger charge is 2.63. The molecule has 4 saturated carbocycles. The van der Waals surface area contributed by atoms with Gasteiger partial charge in [-0.1, -0.05) is 51.1 Å². The van der Waals surface area contributed by atoms with Crippen molar-refractivity contribution in [1.29, 1.82) is 0 Å². The van der Waals surface area contributed by atoms with Crippen LogP contribution in [-0.4, -0.2) is 21.5 Å². The minimum absolute atomic E-state index is 0.0274. The SMILES string of the molecule is CC(C)(C)C(=O)N[C@@H](c1ccccc1)[C@H]1C2C[C@H]3C[C@](Cl)(C2)C[C@@]1(O)C3. The first-order valence-electron chi connectivity index (χ1n) is 9.87. The number of benzene rings is 1. The minimum atomic E-state index is -0.780. The Labute approximate surface area is 161 Å². The van der Waals surface area contributed by atoms with Crippen LogP contribution < -0.4 is 5.32 Å². The maximum absolute atomic E-state index is 12.8. The third-order valence-electron chi connectivity index (χ3n) is 6.80. The zero-order valence-electron chi connectivity index (χ0n) is 16.0. The Morgan fingerprint density at radius 1 is 1.23 bits per heavy atom. The van der Waals surface area contributed by atoms with Crippen molar-refractivity contribution < 1.29 is 9.90 Å². The lowest BCUT2D eigenvalue weighted by atomic mass is 9.47. The van der Waals surface area contributed by atoms with Gasteiger partial charge in [-0.3, -0.25) is 4.79 Å². The number of halogens is 1. The summed E-state index contributed by atoms with van der Waals surface area (Å²) in [6, 6.07) is 9.98. The van der Waals surface area contributed by atoms with Crippen LogP contribution in [0.4, 0.5) is 0 Å². The average Bonchev–Trinajstić information content (AvgIpc) is 2.50. The summed E-state index contributed by atoms with van der Waals surface area (Å²) in [5.74, 6) is 0.948. The molecule has 4 aliphatic carbocycles. The molecule has 3 nitrogen and oxygen atoms in total. The zero-order chi connectivity index (χ0) is 18.7. The Morgan fingerprint density at radius 2 is 1.92 bits per heavy atom. The molecule has 0 spiro atoms. The molecule has 1 aromatic rings. The van der Waals surface area contributed by atoms with Crippen LogP contribution >= 0.6 is 11.6 Å². The molecule has 4 fully saturated rings. The van der Waals surface area contributed by atoms with Crippen molar-refractivity contribution in [2.75, 3.05) is 0 Å². The first-order valence-corrected chi connectivity index (χ1v) is 10.2. The molecule has 2 N–H and O–H groups in total. The fourth-order valence-corrected chi connectivity index (χ4v) is 6.68. The van der Waals surface area contributed by atoms with Crippen molar-refractivity contribution in [2.45, 2.75) is 69.4 Å². The van der Waals surface area contributed by atoms with E-state index in [2.05, 4.69) is 17.4 Å². The summed E-state index contributed by atoms with van der Waals surface area (Å²) in [5.41, 5.74) is -0.160. The molecule has 142 valence electrons. The third-order valence-corrected chi connectivity index (χ3v) is 7.24. The number of alkyl halides is 1. The van der Waals surface area contributed by atoms with Crippen LogP contribution in [0.1, 0.15) is 64.5 Å². The summed E-state index contributed by atoms with van der Waals surface area (Å²) >= 11 is 6.87. The minimum Gasteiger partial charge on any atom is -0.389 e. The molecule has 5 rings (SSSR count). The molecule has 26 heavy (non-hydrogen) atoms. The Hall–Kier alpha value is -1.06. The van der Waals surface area contributed by atoms with Gasteiger partial charge in [-0.2, -0.15) is 0 Å². The maximum Gasteiger partial charge on any atom is 0.225 e. The van der Waals surface area contributed by atoms with Crippen LogP contribution in [0.2, 0.25) is 0 Å². The Bertz CT molecular complexity index is 700. The Morgan fingerprint density at radius 3 is 2.50 bits per heavy atom. The van der Waals surface area contributed by atoms with Gasteiger partial charge < -0.3 is 10.4 Å². The van der Waals surface area contributed by atoms with Crippen LogP contribution in [0.5, 0.6) is 0 Å². The van der Waals surface area contributed by atoms with Gasteiger partial charge in [0.1, 0.15) is 0 Å². The van der Waals surface area contributed by atoms with Gasteiger partial charge in [0.15, 0.2) is 0 Å². The van der Waals surface area contributed by atoms with Crippen LogP contribution in [0.25, 0.3) is 0 Å². The van der Waals surface area contributed by atoms with E-state index >= 15 is 0 Å². The molecule has 1 unspecified atom stereocenters. The van der Waals surface area contributed by atoms with Gasteiger partial charge in [0.2, 0.25) is 5.91 Å². The van der Waals surface area contributed by atoms with E-state index in [1.54, 1.807) is 0 Å². The predicted octanol–water partition coefficient (Wildman–Crippen LogP) is 4.44. The Balaban J connectivity index is 1.71. The molecule has 4 heteroatoms. The van der Waals surface area contributed by atoms with Crippen molar-refractivity contribution >= 4 is 17.5 Å². The van der Waals surface area contributed by atoms with Gasteiger partial charge in [-0.25, -0.2) is 0 Å². The van der Waals surface area contributed by atoms with E-state index in [9.17, 15) is 9.90 Å². The van der Waals surface area contributed by atoms with Crippen LogP contribution in [-0.2, 0) is 4.79 Å². The van der Waals surface area contributed by atoms with E-state index in [1.165, 1.54) is 0 Å². The number of amides is 1. The van der Waals surface area contributed by atoms with Crippen molar-refractivity contribution in [3.8, 4) is 0 Å². The van der Waals surface area contributed by atoms with E-state index < -0.39 is 11.0 Å². The highest BCUT2D eigenvalue weighted by Crippen LogP contribution is 2.64. The number of aliphatic hydroxyl groups is 1. The summed E-state index contributed by atoms with van der Waals surface area (Å²) in [6.45, 7) is 5.80. The second kappa shape index (κ2) is 5.97. The summed E-state index contributed by atoms with van der Waals surface area (Å²) in [6.07, 6.45) is 4.57. The summed E-state index contributed by atoms with van der Waals surface area (Å²) in [4.78, 5) is 12.6. The lowest BCUT2D eigenvalue weighted by molar-refractivity contribution is -0.175. The van der Waals surface area contributed by atoms with Gasteiger partial charge >= 0.3 is 0 Å². The summed E-state index contributed by atoms with van der Waals surface area (Å²) in [7, 11) is 0. The zero-order valence-corrected chi connectivity index (χ0v) is 16.7. The largest absolute Gasteiger partial charge is 0.389 e. The Kier molecular flexibility index (Phi) is 4.20. The number of hydrogen-bond acceptors (Lipinski definition) is 2. The summed E-state index contributed by atoms with van der Waals surface area (Å²) < 4.78 is 0. The predicted molar refractivity (Wildman–Crippen MR) is 104 cm³/mol. The lowest BCUT2D eigenvalue weighted by Crippen LogP contribution is -2.65. The normalized spacial score (nSPS) is 39.7. The molecule has 4 aliphatic rings. The summed E-state index contributed by atoms with van der Waals surface area (Å²) in [5, 5.41) is 14.9. The molecule has 0 aromatic heterocycles. The van der Waals surface area contributed by atoms with E-state index in [-0.39, 0.29) is 22.7 Å². The van der Waals surface area contributed by atoms with E-state index in [4.69, 9.17) is 11.6 Å². The monoisotopic (exact) mass is 375 g/mol. The van der Waals surface area contributed by atoms with Crippen molar-refractivity contribution in [2.24, 2.45) is 23.2 Å². The van der Waals surface area contributed by atoms with Crippen LogP contribution in [0, 0.1) is 23.2 Å². The van der Waals surface area contributed by atoms with Crippen LogP contribution in [0.15, 0.2) is 30.3 Å². The molecule has 0 saturated heterocycles. The lowest BCUT2D eigenvalue weighted by Gasteiger charge is -2.63. The van der Waals surface area contributed by atoms with Crippen molar-refractivity contribution in [1.82, 2.24) is 5.32 Å². The average molecular weight is 376 g/mol. The first-order chi connectivity index (χ1) is 12.1. The number of rotatable bonds is 3. The molecule has 0 radical (unpaired) electrons. The van der Waals surface area contributed by atoms with Gasteiger partial charge in [-0.15, -0.1) is 11.6 Å². The van der Waals surface area contributed by atoms with Gasteiger partial charge in [0.25, 0.3) is 0 Å². The van der Waals surface area contributed by atoms with Gasteiger partial charge in [-0.05, 0) is 49.5 Å². The number of carbonyl (C=O) groups excluding carboxylic acids is 1. The molecule has 4 bridgehead atoms. The molecule has 1 amide bonds. The quantitative estimate of drug-likeness (QED) is 0.767. The standard InChI is InChI=1S/C22H30ClNO2/c1-20(2,3)19(25)24-18(15-7-5-4-6-8-15)17-16-9-14-10-21(23,12-16)13-22(17,26)11-14/h4-8,14,16-18,26H,9-13H2,1-3H3,(H,24,25)/t14-,16?,17+,18-,21-,22-/m0/s1. The maximum atomic E-state index is 12.8. The smallest absolute Gasteiger partial charge is 0.225 e. The highest BCUT2D eigenvalue weighted by atomic mass is 35.5. The molecular weight excluding hydrogens is 346 g/mol. The van der Waals surface area contributed by atoms with Crippen molar-refractivity contribution in [3.63, 3.8) is 0 Å². The van der Waals surface area contributed by atoms with Gasteiger partial charge in [0.05, 0.1) is 11.6 Å².